The lowest BCUT2D eigenvalue weighted by atomic mass is 10.0. The molecule has 0 N–H and O–H groups in total. The molecule has 0 aromatic heterocycles. The van der Waals surface area contributed by atoms with E-state index in [9.17, 15) is 4.79 Å². The van der Waals surface area contributed by atoms with Gasteiger partial charge in [0.25, 0.3) is 0 Å². The fourth-order valence-corrected chi connectivity index (χ4v) is 1.27. The minimum absolute atomic E-state index is 0.0869. The maximum absolute atomic E-state index is 11.7. The molecule has 0 atom stereocenters. The van der Waals surface area contributed by atoms with Crippen molar-refractivity contribution in [2.45, 2.75) is 25.1 Å². The molecule has 0 unspecified atom stereocenters. The molecule has 0 aliphatic carbocycles. The third kappa shape index (κ3) is 3.63. The van der Waals surface area contributed by atoms with Gasteiger partial charge in [-0.3, -0.25) is 4.79 Å². The van der Waals surface area contributed by atoms with E-state index in [1.807, 2.05) is 51.1 Å². The first-order valence-corrected chi connectivity index (χ1v) is 5.67. The lowest BCUT2D eigenvalue weighted by molar-refractivity contribution is -0.115. The first-order chi connectivity index (χ1) is 6.91. The highest BCUT2D eigenvalue weighted by molar-refractivity contribution is 9.10. The lowest BCUT2D eigenvalue weighted by Gasteiger charge is -2.12. The summed E-state index contributed by atoms with van der Waals surface area (Å²) in [6.45, 7) is 5.65. The number of rotatable bonds is 3. The van der Waals surface area contributed by atoms with Gasteiger partial charge in [-0.05, 0) is 38.0 Å². The van der Waals surface area contributed by atoms with E-state index in [1.165, 1.54) is 0 Å². The van der Waals surface area contributed by atoms with Crippen molar-refractivity contribution >= 4 is 27.3 Å². The average molecular weight is 267 g/mol. The van der Waals surface area contributed by atoms with Gasteiger partial charge >= 0.3 is 0 Å². The third-order valence-electron chi connectivity index (χ3n) is 2.16. The summed E-state index contributed by atoms with van der Waals surface area (Å²) in [6.07, 6.45) is 1.68. The second-order valence-electron chi connectivity index (χ2n) is 4.03. The number of alkyl halides is 1. The van der Waals surface area contributed by atoms with Crippen LogP contribution in [0.4, 0.5) is 0 Å². The smallest absolute Gasteiger partial charge is 0.172 e. The van der Waals surface area contributed by atoms with Crippen molar-refractivity contribution in [3.63, 3.8) is 0 Å². The Kier molecular flexibility index (Phi) is 3.86. The summed E-state index contributed by atoms with van der Waals surface area (Å²) >= 11 is 3.35. The molecule has 0 fully saturated rings. The van der Waals surface area contributed by atoms with Crippen LogP contribution in [-0.4, -0.2) is 10.1 Å². The number of hydrogen-bond donors (Lipinski definition) is 0. The van der Waals surface area contributed by atoms with Gasteiger partial charge in [-0.2, -0.15) is 0 Å². The van der Waals surface area contributed by atoms with Crippen molar-refractivity contribution in [2.75, 3.05) is 0 Å². The molecule has 0 amide bonds. The molecule has 1 aromatic carbocycles. The van der Waals surface area contributed by atoms with Crippen LogP contribution in [-0.2, 0) is 4.79 Å². The highest BCUT2D eigenvalue weighted by Crippen LogP contribution is 2.21. The molecule has 0 heterocycles. The monoisotopic (exact) mass is 266 g/mol. The Morgan fingerprint density at radius 2 is 1.80 bits per heavy atom. The van der Waals surface area contributed by atoms with E-state index in [0.29, 0.717) is 0 Å². The van der Waals surface area contributed by atoms with E-state index in [1.54, 1.807) is 6.08 Å². The van der Waals surface area contributed by atoms with Gasteiger partial charge in [-0.1, -0.05) is 46.3 Å². The van der Waals surface area contributed by atoms with E-state index < -0.39 is 4.32 Å². The van der Waals surface area contributed by atoms with E-state index in [-0.39, 0.29) is 5.78 Å². The van der Waals surface area contributed by atoms with Crippen LogP contribution in [0.15, 0.2) is 36.4 Å². The first kappa shape index (κ1) is 12.2. The van der Waals surface area contributed by atoms with Crippen LogP contribution >= 0.6 is 15.9 Å². The first-order valence-electron chi connectivity index (χ1n) is 4.88. The van der Waals surface area contributed by atoms with Gasteiger partial charge in [0, 0.05) is 0 Å². The molecule has 1 aromatic rings. The van der Waals surface area contributed by atoms with Crippen LogP contribution in [0.1, 0.15) is 26.3 Å². The zero-order valence-corrected chi connectivity index (χ0v) is 10.8. The summed E-state index contributed by atoms with van der Waals surface area (Å²) in [5, 5.41) is 0. The SMILES string of the molecule is C/C(=C/C(=O)C(C)(C)Br)c1ccccc1. The number of ketones is 1. The van der Waals surface area contributed by atoms with Crippen molar-refractivity contribution in [3.05, 3.63) is 42.0 Å². The van der Waals surface area contributed by atoms with Gasteiger partial charge < -0.3 is 0 Å². The average Bonchev–Trinajstić information content (AvgIpc) is 2.17. The summed E-state index contributed by atoms with van der Waals surface area (Å²) in [4.78, 5) is 11.7. The molecule has 1 nitrogen and oxygen atoms in total. The number of carbonyl (C=O) groups excluding carboxylic acids is 1. The van der Waals surface area contributed by atoms with Crippen molar-refractivity contribution in [1.82, 2.24) is 0 Å². The molecule has 0 saturated heterocycles. The summed E-state index contributed by atoms with van der Waals surface area (Å²) in [7, 11) is 0. The Balaban J connectivity index is 2.91. The van der Waals surface area contributed by atoms with Crippen LogP contribution in [0, 0.1) is 0 Å². The topological polar surface area (TPSA) is 17.1 Å². The molecule has 0 saturated carbocycles. The zero-order valence-electron chi connectivity index (χ0n) is 9.25. The largest absolute Gasteiger partial charge is 0.293 e. The van der Waals surface area contributed by atoms with Crippen LogP contribution in [0.2, 0.25) is 0 Å². The highest BCUT2D eigenvalue weighted by atomic mass is 79.9. The third-order valence-corrected chi connectivity index (χ3v) is 2.55. The van der Waals surface area contributed by atoms with Crippen molar-refractivity contribution in [3.8, 4) is 0 Å². The summed E-state index contributed by atoms with van der Waals surface area (Å²) in [5.74, 6) is 0.0869. The Bertz CT molecular complexity index is 371. The molecule has 1 rings (SSSR count). The number of hydrogen-bond acceptors (Lipinski definition) is 1. The Morgan fingerprint density at radius 3 is 2.27 bits per heavy atom. The van der Waals surface area contributed by atoms with E-state index in [2.05, 4.69) is 15.9 Å². The summed E-state index contributed by atoms with van der Waals surface area (Å²) in [6, 6.07) is 9.90. The van der Waals surface area contributed by atoms with Gasteiger partial charge in [-0.15, -0.1) is 0 Å². The predicted octanol–water partition coefficient (Wildman–Crippen LogP) is 3.83. The molecule has 0 aliphatic rings. The fraction of sp³-hybridized carbons (Fsp3) is 0.308. The second kappa shape index (κ2) is 4.75. The maximum atomic E-state index is 11.7. The predicted molar refractivity (Wildman–Crippen MR) is 68.1 cm³/mol. The molecule has 0 aliphatic heterocycles. The quantitative estimate of drug-likeness (QED) is 0.600. The van der Waals surface area contributed by atoms with Crippen LogP contribution in [0.5, 0.6) is 0 Å². The highest BCUT2D eigenvalue weighted by Gasteiger charge is 2.21. The van der Waals surface area contributed by atoms with Gasteiger partial charge in [-0.25, -0.2) is 0 Å². The Hall–Kier alpha value is -0.890. The summed E-state index contributed by atoms with van der Waals surface area (Å²) in [5.41, 5.74) is 2.08. The molecular weight excluding hydrogens is 252 g/mol. The number of halogens is 1. The molecule has 0 spiro atoms. The fourth-order valence-electron chi connectivity index (χ4n) is 1.15. The van der Waals surface area contributed by atoms with Crippen LogP contribution in [0.25, 0.3) is 5.57 Å². The molecular formula is C13H15BrO. The van der Waals surface area contributed by atoms with Crippen LogP contribution in [0.3, 0.4) is 0 Å². The van der Waals surface area contributed by atoms with E-state index in [4.69, 9.17) is 0 Å². The Labute approximate surface area is 99.3 Å². The van der Waals surface area contributed by atoms with Gasteiger partial charge in [0.05, 0.1) is 4.32 Å². The zero-order chi connectivity index (χ0) is 11.5. The van der Waals surface area contributed by atoms with Gasteiger partial charge in [0.2, 0.25) is 0 Å². The van der Waals surface area contributed by atoms with Crippen LogP contribution < -0.4 is 0 Å². The molecule has 0 radical (unpaired) electrons. The van der Waals surface area contributed by atoms with Gasteiger partial charge in [0.1, 0.15) is 0 Å². The van der Waals surface area contributed by atoms with Crippen molar-refractivity contribution in [1.29, 1.82) is 0 Å². The van der Waals surface area contributed by atoms with Crippen molar-refractivity contribution < 1.29 is 4.79 Å². The summed E-state index contributed by atoms with van der Waals surface area (Å²) < 4.78 is -0.483. The standard InChI is InChI=1S/C13H15BrO/c1-10(9-12(15)13(2,3)14)11-7-5-4-6-8-11/h4-9H,1-3H3/b10-9-. The molecule has 80 valence electrons. The van der Waals surface area contributed by atoms with E-state index in [0.717, 1.165) is 11.1 Å². The molecule has 0 bridgehead atoms. The van der Waals surface area contributed by atoms with Crippen molar-refractivity contribution in [2.24, 2.45) is 0 Å². The molecule has 15 heavy (non-hydrogen) atoms. The maximum Gasteiger partial charge on any atom is 0.172 e. The number of carbonyl (C=O) groups is 1. The van der Waals surface area contributed by atoms with E-state index >= 15 is 0 Å². The molecule has 2 heteroatoms. The minimum atomic E-state index is -0.483. The normalized spacial score (nSPS) is 12.7. The minimum Gasteiger partial charge on any atom is -0.293 e. The Morgan fingerprint density at radius 1 is 1.27 bits per heavy atom. The lowest BCUT2D eigenvalue weighted by Crippen LogP contribution is -2.21. The number of allylic oxidation sites excluding steroid dienone is 2. The number of benzene rings is 1. The second-order valence-corrected chi connectivity index (χ2v) is 6.01. The van der Waals surface area contributed by atoms with Gasteiger partial charge in [0.15, 0.2) is 5.78 Å².